The third-order valence-electron chi connectivity index (χ3n) is 3.95. The van der Waals surface area contributed by atoms with Gasteiger partial charge in [0.1, 0.15) is 0 Å². The second kappa shape index (κ2) is 8.21. The summed E-state index contributed by atoms with van der Waals surface area (Å²) >= 11 is 0. The van der Waals surface area contributed by atoms with Crippen LogP contribution in [0.25, 0.3) is 0 Å². The standard InChI is InChI=1S/C19H19F4NO2/c1-12(14-4-3-5-15(11-14)19(21,22)23)24-18(25)9-7-13-6-8-17(26-2)16(20)10-13/h3-6,8,10-12H,7,9H2,1-2H3,(H,24,25). The van der Waals surface area contributed by atoms with Crippen LogP contribution in [0, 0.1) is 5.82 Å². The summed E-state index contributed by atoms with van der Waals surface area (Å²) < 4.78 is 56.7. The maximum atomic E-state index is 13.6. The molecule has 3 nitrogen and oxygen atoms in total. The molecule has 0 heterocycles. The zero-order chi connectivity index (χ0) is 19.3. The van der Waals surface area contributed by atoms with Crippen molar-refractivity contribution in [3.63, 3.8) is 0 Å². The van der Waals surface area contributed by atoms with Gasteiger partial charge in [0.15, 0.2) is 11.6 Å². The number of amides is 1. The SMILES string of the molecule is COc1ccc(CCC(=O)NC(C)c2cccc(C(F)(F)F)c2)cc1F. The van der Waals surface area contributed by atoms with Gasteiger partial charge in [-0.15, -0.1) is 0 Å². The highest BCUT2D eigenvalue weighted by Crippen LogP contribution is 2.30. The normalized spacial score (nSPS) is 12.5. The minimum Gasteiger partial charge on any atom is -0.494 e. The zero-order valence-electron chi connectivity index (χ0n) is 14.4. The molecular formula is C19H19F4NO2. The Balaban J connectivity index is 1.94. The van der Waals surface area contributed by atoms with Crippen LogP contribution in [0.1, 0.15) is 36.1 Å². The summed E-state index contributed by atoms with van der Waals surface area (Å²) in [5.41, 5.74) is 0.235. The number of hydrogen-bond donors (Lipinski definition) is 1. The summed E-state index contributed by atoms with van der Waals surface area (Å²) in [6, 6.07) is 8.69. The van der Waals surface area contributed by atoms with Crippen molar-refractivity contribution < 1.29 is 27.1 Å². The molecule has 0 radical (unpaired) electrons. The Labute approximate surface area is 149 Å². The van der Waals surface area contributed by atoms with Crippen LogP contribution in [0.3, 0.4) is 0 Å². The molecule has 26 heavy (non-hydrogen) atoms. The lowest BCUT2D eigenvalue weighted by Crippen LogP contribution is -2.27. The molecule has 0 fully saturated rings. The number of benzene rings is 2. The molecule has 2 aromatic carbocycles. The zero-order valence-corrected chi connectivity index (χ0v) is 14.4. The molecule has 0 aliphatic rings. The number of carbonyl (C=O) groups is 1. The molecule has 7 heteroatoms. The number of aryl methyl sites for hydroxylation is 1. The molecule has 0 saturated carbocycles. The molecule has 1 atom stereocenters. The Bertz CT molecular complexity index is 774. The van der Waals surface area contributed by atoms with Crippen molar-refractivity contribution in [3.8, 4) is 5.75 Å². The van der Waals surface area contributed by atoms with Crippen molar-refractivity contribution in [1.82, 2.24) is 5.32 Å². The van der Waals surface area contributed by atoms with Gasteiger partial charge in [-0.1, -0.05) is 18.2 Å². The van der Waals surface area contributed by atoms with Crippen molar-refractivity contribution in [1.29, 1.82) is 0 Å². The topological polar surface area (TPSA) is 38.3 Å². The lowest BCUT2D eigenvalue weighted by atomic mass is 10.0. The van der Waals surface area contributed by atoms with E-state index >= 15 is 0 Å². The second-order valence-corrected chi connectivity index (χ2v) is 5.88. The average molecular weight is 369 g/mol. The second-order valence-electron chi connectivity index (χ2n) is 5.88. The molecule has 0 aliphatic carbocycles. The molecule has 1 unspecified atom stereocenters. The number of carbonyl (C=O) groups excluding carboxylic acids is 1. The van der Waals surface area contributed by atoms with E-state index in [1.807, 2.05) is 0 Å². The van der Waals surface area contributed by atoms with Crippen molar-refractivity contribution in [2.24, 2.45) is 0 Å². The first-order chi connectivity index (χ1) is 12.2. The molecule has 2 aromatic rings. The van der Waals surface area contributed by atoms with Crippen LogP contribution < -0.4 is 10.1 Å². The van der Waals surface area contributed by atoms with E-state index in [1.165, 1.54) is 31.4 Å². The van der Waals surface area contributed by atoms with Gasteiger partial charge in [-0.3, -0.25) is 4.79 Å². The molecule has 0 spiro atoms. The summed E-state index contributed by atoms with van der Waals surface area (Å²) in [7, 11) is 1.36. The van der Waals surface area contributed by atoms with Crippen LogP contribution in [0.2, 0.25) is 0 Å². The van der Waals surface area contributed by atoms with Gasteiger partial charge in [-0.05, 0) is 48.7 Å². The minimum absolute atomic E-state index is 0.0923. The lowest BCUT2D eigenvalue weighted by molar-refractivity contribution is -0.137. The molecule has 1 N–H and O–H groups in total. The molecule has 0 bridgehead atoms. The van der Waals surface area contributed by atoms with E-state index in [2.05, 4.69) is 5.32 Å². The van der Waals surface area contributed by atoms with E-state index in [9.17, 15) is 22.4 Å². The fraction of sp³-hybridized carbons (Fsp3) is 0.316. The van der Waals surface area contributed by atoms with Crippen LogP contribution >= 0.6 is 0 Å². The van der Waals surface area contributed by atoms with Crippen molar-refractivity contribution in [3.05, 3.63) is 65.0 Å². The van der Waals surface area contributed by atoms with E-state index < -0.39 is 23.6 Å². The van der Waals surface area contributed by atoms with Crippen LogP contribution in [0.15, 0.2) is 42.5 Å². The highest BCUT2D eigenvalue weighted by atomic mass is 19.4. The number of methoxy groups -OCH3 is 1. The third-order valence-corrected chi connectivity index (χ3v) is 3.95. The maximum absolute atomic E-state index is 13.6. The molecule has 0 saturated heterocycles. The number of nitrogens with one attached hydrogen (secondary N) is 1. The van der Waals surface area contributed by atoms with E-state index in [-0.39, 0.29) is 18.1 Å². The first-order valence-electron chi connectivity index (χ1n) is 7.99. The number of ether oxygens (including phenoxy) is 1. The van der Waals surface area contributed by atoms with Gasteiger partial charge in [0.25, 0.3) is 0 Å². The van der Waals surface area contributed by atoms with Crippen LogP contribution in [0.5, 0.6) is 5.75 Å². The van der Waals surface area contributed by atoms with Gasteiger partial charge in [0.05, 0.1) is 18.7 Å². The summed E-state index contributed by atoms with van der Waals surface area (Å²) in [6.45, 7) is 1.61. The monoisotopic (exact) mass is 369 g/mol. The Morgan fingerprint density at radius 1 is 1.19 bits per heavy atom. The summed E-state index contributed by atoms with van der Waals surface area (Å²) in [4.78, 5) is 12.0. The fourth-order valence-electron chi connectivity index (χ4n) is 2.50. The lowest BCUT2D eigenvalue weighted by Gasteiger charge is -2.16. The van der Waals surface area contributed by atoms with E-state index in [0.29, 0.717) is 17.5 Å². The van der Waals surface area contributed by atoms with E-state index in [0.717, 1.165) is 12.1 Å². The molecule has 140 valence electrons. The number of rotatable bonds is 6. The number of halogens is 4. The summed E-state index contributed by atoms with van der Waals surface area (Å²) in [5.74, 6) is -0.717. The Morgan fingerprint density at radius 3 is 2.54 bits per heavy atom. The fourth-order valence-corrected chi connectivity index (χ4v) is 2.50. The Morgan fingerprint density at radius 2 is 1.92 bits per heavy atom. The van der Waals surface area contributed by atoms with Gasteiger partial charge in [-0.25, -0.2) is 4.39 Å². The van der Waals surface area contributed by atoms with Crippen LogP contribution in [0.4, 0.5) is 17.6 Å². The van der Waals surface area contributed by atoms with Gasteiger partial charge in [-0.2, -0.15) is 13.2 Å². The van der Waals surface area contributed by atoms with Gasteiger partial charge in [0, 0.05) is 6.42 Å². The Kier molecular flexibility index (Phi) is 6.23. The van der Waals surface area contributed by atoms with Crippen LogP contribution in [-0.4, -0.2) is 13.0 Å². The third kappa shape index (κ3) is 5.21. The predicted molar refractivity (Wildman–Crippen MR) is 89.3 cm³/mol. The van der Waals surface area contributed by atoms with Gasteiger partial charge < -0.3 is 10.1 Å². The largest absolute Gasteiger partial charge is 0.494 e. The molecule has 0 aromatic heterocycles. The first kappa shape index (κ1) is 19.8. The molecule has 1 amide bonds. The Hall–Kier alpha value is -2.57. The highest BCUT2D eigenvalue weighted by molar-refractivity contribution is 5.76. The predicted octanol–water partition coefficient (Wildman–Crippen LogP) is 4.66. The smallest absolute Gasteiger partial charge is 0.416 e. The number of hydrogen-bond acceptors (Lipinski definition) is 2. The van der Waals surface area contributed by atoms with E-state index in [4.69, 9.17) is 4.74 Å². The summed E-state index contributed by atoms with van der Waals surface area (Å²) in [6.07, 6.45) is -4.03. The highest BCUT2D eigenvalue weighted by Gasteiger charge is 2.30. The van der Waals surface area contributed by atoms with Crippen molar-refractivity contribution >= 4 is 5.91 Å². The van der Waals surface area contributed by atoms with Crippen molar-refractivity contribution in [2.75, 3.05) is 7.11 Å². The maximum Gasteiger partial charge on any atom is 0.416 e. The molecule has 0 aliphatic heterocycles. The summed E-state index contributed by atoms with van der Waals surface area (Å²) in [5, 5.41) is 2.66. The van der Waals surface area contributed by atoms with Crippen LogP contribution in [-0.2, 0) is 17.4 Å². The molecular weight excluding hydrogens is 350 g/mol. The van der Waals surface area contributed by atoms with E-state index in [1.54, 1.807) is 13.0 Å². The minimum atomic E-state index is -4.43. The number of alkyl halides is 3. The molecule has 2 rings (SSSR count). The van der Waals surface area contributed by atoms with Gasteiger partial charge >= 0.3 is 6.18 Å². The quantitative estimate of drug-likeness (QED) is 0.752. The average Bonchev–Trinajstić information content (AvgIpc) is 2.59. The first-order valence-corrected chi connectivity index (χ1v) is 7.99. The van der Waals surface area contributed by atoms with Crippen molar-refractivity contribution in [2.45, 2.75) is 32.0 Å². The van der Waals surface area contributed by atoms with Gasteiger partial charge in [0.2, 0.25) is 5.91 Å².